The van der Waals surface area contributed by atoms with E-state index in [1.165, 1.54) is 0 Å². The van der Waals surface area contributed by atoms with Crippen LogP contribution in [-0.4, -0.2) is 49.9 Å². The smallest absolute Gasteiger partial charge is 0.410 e. The van der Waals surface area contributed by atoms with Crippen molar-refractivity contribution in [2.24, 2.45) is 5.92 Å². The van der Waals surface area contributed by atoms with E-state index in [2.05, 4.69) is 4.72 Å². The van der Waals surface area contributed by atoms with Crippen LogP contribution in [0.5, 0.6) is 0 Å². The van der Waals surface area contributed by atoms with E-state index in [-0.39, 0.29) is 17.3 Å². The van der Waals surface area contributed by atoms with Crippen LogP contribution >= 0.6 is 0 Å². The van der Waals surface area contributed by atoms with E-state index in [1.54, 1.807) is 4.90 Å². The molecule has 19 heavy (non-hydrogen) atoms. The van der Waals surface area contributed by atoms with Crippen molar-refractivity contribution in [3.63, 3.8) is 0 Å². The van der Waals surface area contributed by atoms with E-state index < -0.39 is 15.6 Å². The molecule has 0 spiro atoms. The number of nitrogens with zero attached hydrogens (tertiary/aromatic N) is 1. The molecule has 2 rings (SSSR count). The maximum Gasteiger partial charge on any atom is 0.410 e. The Kier molecular flexibility index (Phi) is 3.79. The highest BCUT2D eigenvalue weighted by atomic mass is 32.2. The van der Waals surface area contributed by atoms with Gasteiger partial charge in [-0.2, -0.15) is 0 Å². The molecule has 2 fully saturated rings. The van der Waals surface area contributed by atoms with Crippen molar-refractivity contribution in [2.75, 3.05) is 19.6 Å². The van der Waals surface area contributed by atoms with Crippen LogP contribution in [0.15, 0.2) is 0 Å². The topological polar surface area (TPSA) is 75.7 Å². The molecule has 1 amide bonds. The molecule has 0 aromatic carbocycles. The predicted molar refractivity (Wildman–Crippen MR) is 71.2 cm³/mol. The van der Waals surface area contributed by atoms with Crippen LogP contribution in [0.1, 0.15) is 33.6 Å². The summed E-state index contributed by atoms with van der Waals surface area (Å²) in [4.78, 5) is 13.6. The number of likely N-dealkylation sites (tertiary alicyclic amines) is 1. The van der Waals surface area contributed by atoms with Crippen LogP contribution in [0.2, 0.25) is 0 Å². The van der Waals surface area contributed by atoms with Crippen molar-refractivity contribution in [3.05, 3.63) is 0 Å². The summed E-state index contributed by atoms with van der Waals surface area (Å²) in [5.74, 6) is 0.109. The number of sulfonamides is 1. The van der Waals surface area contributed by atoms with Gasteiger partial charge < -0.3 is 9.64 Å². The molecule has 2 aliphatic heterocycles. The summed E-state index contributed by atoms with van der Waals surface area (Å²) in [6.07, 6.45) is 0.841. The first-order chi connectivity index (χ1) is 8.69. The lowest BCUT2D eigenvalue weighted by Crippen LogP contribution is -2.38. The van der Waals surface area contributed by atoms with E-state index in [4.69, 9.17) is 4.74 Å². The minimum Gasteiger partial charge on any atom is -0.444 e. The zero-order chi connectivity index (χ0) is 14.3. The van der Waals surface area contributed by atoms with Gasteiger partial charge in [0.2, 0.25) is 10.0 Å². The molecule has 0 aliphatic carbocycles. The van der Waals surface area contributed by atoms with Gasteiger partial charge in [0.1, 0.15) is 5.60 Å². The molecule has 2 saturated heterocycles. The standard InChI is InChI=1S/C12H22N2O4S/c1-12(2,3)18-11(15)14-6-4-9-8-13-19(16,17)10(9)5-7-14/h9-10,13H,4-8H2,1-3H3. The molecule has 0 bridgehead atoms. The number of ether oxygens (including phenoxy) is 1. The zero-order valence-electron chi connectivity index (χ0n) is 11.7. The fourth-order valence-corrected chi connectivity index (χ4v) is 4.43. The zero-order valence-corrected chi connectivity index (χ0v) is 12.5. The van der Waals surface area contributed by atoms with Crippen molar-refractivity contribution >= 4 is 16.1 Å². The van der Waals surface area contributed by atoms with Gasteiger partial charge in [0.25, 0.3) is 0 Å². The molecular weight excluding hydrogens is 268 g/mol. The van der Waals surface area contributed by atoms with E-state index >= 15 is 0 Å². The molecule has 0 radical (unpaired) electrons. The Bertz CT molecular complexity index is 455. The van der Waals surface area contributed by atoms with Crippen LogP contribution < -0.4 is 4.72 Å². The maximum absolute atomic E-state index is 12.0. The summed E-state index contributed by atoms with van der Waals surface area (Å²) in [5, 5.41) is -0.361. The van der Waals surface area contributed by atoms with Crippen LogP contribution in [0.4, 0.5) is 4.79 Å². The van der Waals surface area contributed by atoms with Gasteiger partial charge in [-0.3, -0.25) is 0 Å². The molecule has 2 atom stereocenters. The van der Waals surface area contributed by atoms with E-state index in [1.807, 2.05) is 20.8 Å². The highest BCUT2D eigenvalue weighted by Crippen LogP contribution is 2.28. The fraction of sp³-hybridized carbons (Fsp3) is 0.917. The number of fused-ring (bicyclic) bond motifs is 1. The molecule has 1 N–H and O–H groups in total. The van der Waals surface area contributed by atoms with Gasteiger partial charge in [0.05, 0.1) is 5.25 Å². The first-order valence-corrected chi connectivity index (χ1v) is 8.20. The van der Waals surface area contributed by atoms with E-state index in [0.29, 0.717) is 32.5 Å². The summed E-state index contributed by atoms with van der Waals surface area (Å²) >= 11 is 0. The minimum absolute atomic E-state index is 0.109. The summed E-state index contributed by atoms with van der Waals surface area (Å²) in [6, 6.07) is 0. The van der Waals surface area contributed by atoms with Crippen molar-refractivity contribution in [3.8, 4) is 0 Å². The van der Waals surface area contributed by atoms with Crippen LogP contribution in [0.25, 0.3) is 0 Å². The average molecular weight is 290 g/mol. The number of nitrogens with one attached hydrogen (secondary N) is 1. The Labute approximate surface area is 114 Å². The fourth-order valence-electron chi connectivity index (χ4n) is 2.62. The van der Waals surface area contributed by atoms with Crippen molar-refractivity contribution < 1.29 is 17.9 Å². The third kappa shape index (κ3) is 3.39. The van der Waals surface area contributed by atoms with Gasteiger partial charge in [-0.05, 0) is 39.5 Å². The predicted octanol–water partition coefficient (Wildman–Crippen LogP) is 0.935. The van der Waals surface area contributed by atoms with Gasteiger partial charge in [-0.25, -0.2) is 17.9 Å². The first-order valence-electron chi connectivity index (χ1n) is 6.65. The van der Waals surface area contributed by atoms with Crippen molar-refractivity contribution in [2.45, 2.75) is 44.5 Å². The van der Waals surface area contributed by atoms with Gasteiger partial charge >= 0.3 is 6.09 Å². The van der Waals surface area contributed by atoms with Gasteiger partial charge in [0, 0.05) is 19.6 Å². The Hall–Kier alpha value is -0.820. The Morgan fingerprint density at radius 2 is 1.89 bits per heavy atom. The lowest BCUT2D eigenvalue weighted by atomic mass is 10.0. The molecule has 2 aliphatic rings. The third-order valence-corrected chi connectivity index (χ3v) is 5.56. The van der Waals surface area contributed by atoms with Crippen LogP contribution in [0, 0.1) is 5.92 Å². The molecule has 6 nitrogen and oxygen atoms in total. The summed E-state index contributed by atoms with van der Waals surface area (Å²) < 4.78 is 31.5. The van der Waals surface area contributed by atoms with Gasteiger partial charge in [0.15, 0.2) is 0 Å². The molecule has 7 heteroatoms. The molecule has 0 aromatic rings. The summed E-state index contributed by atoms with van der Waals surface area (Å²) in [7, 11) is -3.18. The Morgan fingerprint density at radius 1 is 1.26 bits per heavy atom. The monoisotopic (exact) mass is 290 g/mol. The molecule has 2 unspecified atom stereocenters. The van der Waals surface area contributed by atoms with Crippen LogP contribution in [-0.2, 0) is 14.8 Å². The number of carbonyl (C=O) groups is 1. The number of rotatable bonds is 0. The summed E-state index contributed by atoms with van der Waals surface area (Å²) in [6.45, 7) is 6.98. The Balaban J connectivity index is 2.00. The highest BCUT2D eigenvalue weighted by Gasteiger charge is 2.42. The van der Waals surface area contributed by atoms with Gasteiger partial charge in [-0.1, -0.05) is 0 Å². The molecule has 2 heterocycles. The van der Waals surface area contributed by atoms with Gasteiger partial charge in [-0.15, -0.1) is 0 Å². The number of carbonyl (C=O) groups excluding carboxylic acids is 1. The normalized spacial score (nSPS) is 30.6. The second kappa shape index (κ2) is 4.94. The lowest BCUT2D eigenvalue weighted by molar-refractivity contribution is 0.0255. The van der Waals surface area contributed by atoms with Crippen LogP contribution in [0.3, 0.4) is 0 Å². The SMILES string of the molecule is CC(C)(C)OC(=O)N1CCC2CNS(=O)(=O)C2CC1. The molecule has 110 valence electrons. The Morgan fingerprint density at radius 3 is 2.53 bits per heavy atom. The molecule has 0 aromatic heterocycles. The number of amides is 1. The van der Waals surface area contributed by atoms with E-state index in [9.17, 15) is 13.2 Å². The molecule has 0 saturated carbocycles. The quantitative estimate of drug-likeness (QED) is 0.720. The summed E-state index contributed by atoms with van der Waals surface area (Å²) in [5.41, 5.74) is -0.521. The second-order valence-corrected chi connectivity index (χ2v) is 8.22. The van der Waals surface area contributed by atoms with E-state index in [0.717, 1.165) is 0 Å². The second-order valence-electron chi connectivity index (χ2n) is 6.24. The molecular formula is C12H22N2O4S. The lowest BCUT2D eigenvalue weighted by Gasteiger charge is -2.26. The third-order valence-electron chi connectivity index (χ3n) is 3.58. The largest absolute Gasteiger partial charge is 0.444 e. The first kappa shape index (κ1) is 14.6. The van der Waals surface area contributed by atoms with Crippen molar-refractivity contribution in [1.82, 2.24) is 9.62 Å². The number of hydrogen-bond acceptors (Lipinski definition) is 4. The van der Waals surface area contributed by atoms with Crippen molar-refractivity contribution in [1.29, 1.82) is 0 Å². The minimum atomic E-state index is -3.18. The average Bonchev–Trinajstić information content (AvgIpc) is 2.46. The highest BCUT2D eigenvalue weighted by molar-refractivity contribution is 7.90. The number of hydrogen-bond donors (Lipinski definition) is 1. The maximum atomic E-state index is 12.0.